The zero-order chi connectivity index (χ0) is 18.4. The highest BCUT2D eigenvalue weighted by Gasteiger charge is 2.18. The van der Waals surface area contributed by atoms with Crippen molar-refractivity contribution in [2.45, 2.75) is 38.8 Å². The van der Waals surface area contributed by atoms with Gasteiger partial charge < -0.3 is 15.0 Å². The molecule has 26 heavy (non-hydrogen) atoms. The van der Waals surface area contributed by atoms with Gasteiger partial charge in [-0.2, -0.15) is 0 Å². The Kier molecular flexibility index (Phi) is 6.52. The third-order valence-corrected chi connectivity index (χ3v) is 4.99. The summed E-state index contributed by atoms with van der Waals surface area (Å²) in [6.07, 6.45) is 8.59. The van der Waals surface area contributed by atoms with Crippen LogP contribution in [0.4, 0.5) is 4.39 Å². The maximum Gasteiger partial charge on any atom is 0.144 e. The molecule has 140 valence electrons. The summed E-state index contributed by atoms with van der Waals surface area (Å²) in [6, 6.07) is 4.11. The highest BCUT2D eigenvalue weighted by molar-refractivity contribution is 5.23. The summed E-state index contributed by atoms with van der Waals surface area (Å²) in [4.78, 5) is 10.8. The number of halogens is 1. The molecule has 2 aromatic heterocycles. The van der Waals surface area contributed by atoms with Crippen molar-refractivity contribution in [1.29, 1.82) is 0 Å². The molecule has 0 amide bonds. The smallest absolute Gasteiger partial charge is 0.144 e. The van der Waals surface area contributed by atoms with E-state index in [0.717, 1.165) is 50.2 Å². The monoisotopic (exact) mass is 358 g/mol. The van der Waals surface area contributed by atoms with Crippen LogP contribution in [0.5, 0.6) is 5.75 Å². The molecule has 0 aromatic carbocycles. The van der Waals surface area contributed by atoms with Crippen molar-refractivity contribution < 1.29 is 9.13 Å². The van der Waals surface area contributed by atoms with Gasteiger partial charge in [0.2, 0.25) is 0 Å². The Morgan fingerprint density at radius 3 is 2.73 bits per heavy atom. The molecule has 3 heterocycles. The second-order valence-electron chi connectivity index (χ2n) is 6.89. The van der Waals surface area contributed by atoms with Gasteiger partial charge in [-0.1, -0.05) is 0 Å². The van der Waals surface area contributed by atoms with E-state index in [0.29, 0.717) is 18.3 Å². The Balaban J connectivity index is 1.39. The van der Waals surface area contributed by atoms with Crippen molar-refractivity contribution in [2.75, 3.05) is 26.7 Å². The van der Waals surface area contributed by atoms with E-state index in [1.165, 1.54) is 5.56 Å². The van der Waals surface area contributed by atoms with E-state index in [4.69, 9.17) is 4.74 Å². The summed E-state index contributed by atoms with van der Waals surface area (Å²) in [5, 5.41) is 3.53. The summed E-state index contributed by atoms with van der Waals surface area (Å²) in [5.74, 6) is 0.582. The van der Waals surface area contributed by atoms with Crippen LogP contribution in [0.15, 0.2) is 30.7 Å². The van der Waals surface area contributed by atoms with Gasteiger partial charge in [0.15, 0.2) is 0 Å². The van der Waals surface area contributed by atoms with Crippen LogP contribution < -0.4 is 10.1 Å². The molecule has 0 bridgehead atoms. The third kappa shape index (κ3) is 5.22. The SMILES string of the molecule is COc1cncc(CCN2CCC(NCc3cnc(C)c(F)c3)CC2)c1. The number of aromatic nitrogens is 2. The molecule has 0 aliphatic carbocycles. The average Bonchev–Trinajstić information content (AvgIpc) is 2.68. The van der Waals surface area contributed by atoms with E-state index in [2.05, 4.69) is 26.3 Å². The van der Waals surface area contributed by atoms with Crippen LogP contribution in [-0.4, -0.2) is 47.7 Å². The largest absolute Gasteiger partial charge is 0.495 e. The summed E-state index contributed by atoms with van der Waals surface area (Å²) >= 11 is 0. The summed E-state index contributed by atoms with van der Waals surface area (Å²) in [5.41, 5.74) is 2.56. The molecule has 1 fully saturated rings. The Morgan fingerprint density at radius 2 is 2.00 bits per heavy atom. The quantitative estimate of drug-likeness (QED) is 0.825. The van der Waals surface area contributed by atoms with Crippen molar-refractivity contribution >= 4 is 0 Å². The predicted molar refractivity (Wildman–Crippen MR) is 99.7 cm³/mol. The molecular weight excluding hydrogens is 331 g/mol. The number of methoxy groups -OCH3 is 1. The highest BCUT2D eigenvalue weighted by atomic mass is 19.1. The number of rotatable bonds is 7. The number of ether oxygens (including phenoxy) is 1. The number of nitrogens with one attached hydrogen (secondary N) is 1. The van der Waals surface area contributed by atoms with Crippen LogP contribution in [-0.2, 0) is 13.0 Å². The van der Waals surface area contributed by atoms with Gasteiger partial charge in [0.1, 0.15) is 11.6 Å². The lowest BCUT2D eigenvalue weighted by Gasteiger charge is -2.32. The second kappa shape index (κ2) is 9.05. The van der Waals surface area contributed by atoms with Crippen LogP contribution in [0.2, 0.25) is 0 Å². The normalized spacial score (nSPS) is 16.0. The minimum Gasteiger partial charge on any atom is -0.495 e. The fraction of sp³-hybridized carbons (Fsp3) is 0.500. The van der Waals surface area contributed by atoms with Gasteiger partial charge in [0, 0.05) is 31.5 Å². The molecule has 1 N–H and O–H groups in total. The zero-order valence-corrected chi connectivity index (χ0v) is 15.5. The molecule has 0 radical (unpaired) electrons. The number of nitrogens with zero attached hydrogens (tertiary/aromatic N) is 3. The topological polar surface area (TPSA) is 50.3 Å². The van der Waals surface area contributed by atoms with E-state index in [9.17, 15) is 4.39 Å². The van der Waals surface area contributed by atoms with Crippen molar-refractivity contribution in [3.8, 4) is 5.75 Å². The molecule has 0 saturated carbocycles. The molecule has 5 nitrogen and oxygen atoms in total. The number of aryl methyl sites for hydroxylation is 1. The maximum absolute atomic E-state index is 13.6. The van der Waals surface area contributed by atoms with Crippen LogP contribution in [0.1, 0.15) is 29.7 Å². The van der Waals surface area contributed by atoms with Gasteiger partial charge >= 0.3 is 0 Å². The van der Waals surface area contributed by atoms with Crippen LogP contribution in [0.25, 0.3) is 0 Å². The Bertz CT molecular complexity index is 717. The number of pyridine rings is 2. The standard InChI is InChI=1S/C20H27FN4O/c1-15-20(21)10-17(12-23-15)13-24-18-4-7-25(8-5-18)6-3-16-9-19(26-2)14-22-11-16/h9-12,14,18,24H,3-8,13H2,1-2H3. The van der Waals surface area contributed by atoms with E-state index in [1.807, 2.05) is 6.20 Å². The van der Waals surface area contributed by atoms with Crippen molar-refractivity contribution in [1.82, 2.24) is 20.2 Å². The van der Waals surface area contributed by atoms with Crippen molar-refractivity contribution in [3.63, 3.8) is 0 Å². The van der Waals surface area contributed by atoms with Crippen LogP contribution in [0.3, 0.4) is 0 Å². The van der Waals surface area contributed by atoms with E-state index < -0.39 is 0 Å². The zero-order valence-electron chi connectivity index (χ0n) is 15.5. The van der Waals surface area contributed by atoms with Crippen LogP contribution >= 0.6 is 0 Å². The minimum absolute atomic E-state index is 0.230. The van der Waals surface area contributed by atoms with Gasteiger partial charge in [0.25, 0.3) is 0 Å². The van der Waals surface area contributed by atoms with Crippen molar-refractivity contribution in [3.05, 3.63) is 53.4 Å². The van der Waals surface area contributed by atoms with Gasteiger partial charge in [-0.15, -0.1) is 0 Å². The Hall–Kier alpha value is -2.05. The van der Waals surface area contributed by atoms with E-state index in [-0.39, 0.29) is 5.82 Å². The maximum atomic E-state index is 13.6. The van der Waals surface area contributed by atoms with Gasteiger partial charge in [0.05, 0.1) is 19.0 Å². The molecule has 1 aliphatic heterocycles. The average molecular weight is 358 g/mol. The summed E-state index contributed by atoms with van der Waals surface area (Å²) in [7, 11) is 1.67. The number of hydrogen-bond donors (Lipinski definition) is 1. The first-order chi connectivity index (χ1) is 12.6. The summed E-state index contributed by atoms with van der Waals surface area (Å²) < 4.78 is 18.8. The first-order valence-corrected chi connectivity index (χ1v) is 9.18. The van der Waals surface area contributed by atoms with Crippen molar-refractivity contribution in [2.24, 2.45) is 0 Å². The molecule has 0 atom stereocenters. The lowest BCUT2D eigenvalue weighted by atomic mass is 10.0. The number of hydrogen-bond acceptors (Lipinski definition) is 5. The molecule has 1 aliphatic rings. The Morgan fingerprint density at radius 1 is 1.19 bits per heavy atom. The molecular formula is C20H27FN4O. The molecule has 1 saturated heterocycles. The minimum atomic E-state index is -0.230. The third-order valence-electron chi connectivity index (χ3n) is 4.99. The van der Waals surface area contributed by atoms with Gasteiger partial charge in [-0.25, -0.2) is 4.39 Å². The lowest BCUT2D eigenvalue weighted by molar-refractivity contribution is 0.199. The highest BCUT2D eigenvalue weighted by Crippen LogP contribution is 2.15. The fourth-order valence-corrected chi connectivity index (χ4v) is 3.26. The molecule has 6 heteroatoms. The Labute approximate surface area is 154 Å². The first kappa shape index (κ1) is 18.7. The van der Waals surface area contributed by atoms with Crippen LogP contribution in [0, 0.1) is 12.7 Å². The fourth-order valence-electron chi connectivity index (χ4n) is 3.26. The lowest BCUT2D eigenvalue weighted by Crippen LogP contribution is -2.42. The van der Waals surface area contributed by atoms with E-state index >= 15 is 0 Å². The predicted octanol–water partition coefficient (Wildman–Crippen LogP) is 2.73. The molecule has 0 spiro atoms. The molecule has 2 aromatic rings. The molecule has 3 rings (SSSR count). The molecule has 0 unspecified atom stereocenters. The first-order valence-electron chi connectivity index (χ1n) is 9.18. The second-order valence-corrected chi connectivity index (χ2v) is 6.89. The number of piperidine rings is 1. The van der Waals surface area contributed by atoms with Gasteiger partial charge in [-0.05, 0) is 62.5 Å². The number of likely N-dealkylation sites (tertiary alicyclic amines) is 1. The van der Waals surface area contributed by atoms with Gasteiger partial charge in [-0.3, -0.25) is 9.97 Å². The van der Waals surface area contributed by atoms with E-state index in [1.54, 1.807) is 32.5 Å². The summed E-state index contributed by atoms with van der Waals surface area (Å²) in [6.45, 7) is 5.55.